The standard InChI is InChI=1S/C17H24O4/c1-11-6-7-16(17(3,4)18)21-15-8-12(2)14(9-13(11)15)20-10-19-5/h6-9,11,16,18H,10H2,1-5H3/t11-,16-/m1/s1. The second-order valence-corrected chi connectivity index (χ2v) is 6.07. The molecule has 0 fully saturated rings. The maximum absolute atomic E-state index is 10.2. The summed E-state index contributed by atoms with van der Waals surface area (Å²) >= 11 is 0. The summed E-state index contributed by atoms with van der Waals surface area (Å²) in [7, 11) is 1.60. The van der Waals surface area contributed by atoms with Gasteiger partial charge in [0.2, 0.25) is 0 Å². The van der Waals surface area contributed by atoms with E-state index in [0.717, 1.165) is 22.6 Å². The number of fused-ring (bicyclic) bond motifs is 1. The predicted octanol–water partition coefficient (Wildman–Crippen LogP) is 3.17. The first-order chi connectivity index (χ1) is 9.82. The number of aryl methyl sites for hydroxylation is 1. The Bertz CT molecular complexity index is 528. The van der Waals surface area contributed by atoms with Crippen molar-refractivity contribution in [1.29, 1.82) is 0 Å². The Labute approximate surface area is 126 Å². The first kappa shape index (κ1) is 15.9. The second kappa shape index (κ2) is 6.08. The number of ether oxygens (including phenoxy) is 3. The largest absolute Gasteiger partial charge is 0.483 e. The first-order valence-corrected chi connectivity index (χ1v) is 7.16. The summed E-state index contributed by atoms with van der Waals surface area (Å²) < 4.78 is 16.6. The van der Waals surface area contributed by atoms with Gasteiger partial charge in [0.05, 0.1) is 5.60 Å². The number of rotatable bonds is 4. The van der Waals surface area contributed by atoms with Gasteiger partial charge >= 0.3 is 0 Å². The molecule has 0 saturated heterocycles. The number of allylic oxidation sites excluding steroid dienone is 1. The third-order valence-corrected chi connectivity index (χ3v) is 3.66. The summed E-state index contributed by atoms with van der Waals surface area (Å²) in [4.78, 5) is 0. The van der Waals surface area contributed by atoms with Crippen molar-refractivity contribution in [3.05, 3.63) is 35.4 Å². The van der Waals surface area contributed by atoms with Gasteiger partial charge in [0.1, 0.15) is 17.6 Å². The van der Waals surface area contributed by atoms with Gasteiger partial charge in [-0.15, -0.1) is 0 Å². The van der Waals surface area contributed by atoms with Crippen molar-refractivity contribution in [2.75, 3.05) is 13.9 Å². The van der Waals surface area contributed by atoms with Crippen LogP contribution in [0.4, 0.5) is 0 Å². The molecule has 2 atom stereocenters. The highest BCUT2D eigenvalue weighted by Gasteiger charge is 2.30. The monoisotopic (exact) mass is 292 g/mol. The van der Waals surface area contributed by atoms with Crippen molar-refractivity contribution in [2.24, 2.45) is 0 Å². The molecule has 0 radical (unpaired) electrons. The maximum atomic E-state index is 10.2. The van der Waals surface area contributed by atoms with Crippen LogP contribution in [0.15, 0.2) is 24.3 Å². The number of methoxy groups -OCH3 is 1. The minimum atomic E-state index is -0.934. The fraction of sp³-hybridized carbons (Fsp3) is 0.529. The molecule has 1 aliphatic heterocycles. The molecule has 1 aromatic carbocycles. The minimum Gasteiger partial charge on any atom is -0.483 e. The van der Waals surface area contributed by atoms with Gasteiger partial charge in [0, 0.05) is 18.6 Å². The van der Waals surface area contributed by atoms with Crippen LogP contribution in [-0.4, -0.2) is 30.7 Å². The van der Waals surface area contributed by atoms with Gasteiger partial charge in [-0.05, 0) is 44.5 Å². The third-order valence-electron chi connectivity index (χ3n) is 3.66. The molecule has 4 heteroatoms. The molecule has 0 saturated carbocycles. The van der Waals surface area contributed by atoms with Crippen LogP contribution < -0.4 is 9.47 Å². The van der Waals surface area contributed by atoms with E-state index in [2.05, 4.69) is 13.0 Å². The lowest BCUT2D eigenvalue weighted by Crippen LogP contribution is -2.38. The topological polar surface area (TPSA) is 47.9 Å². The van der Waals surface area contributed by atoms with Crippen molar-refractivity contribution < 1.29 is 19.3 Å². The zero-order valence-corrected chi connectivity index (χ0v) is 13.3. The summed E-state index contributed by atoms with van der Waals surface area (Å²) in [6.45, 7) is 7.79. The molecule has 0 spiro atoms. The molecular formula is C17H24O4. The zero-order chi connectivity index (χ0) is 15.6. The Morgan fingerprint density at radius 3 is 2.62 bits per heavy atom. The summed E-state index contributed by atoms with van der Waals surface area (Å²) in [6, 6.07) is 3.95. The smallest absolute Gasteiger partial charge is 0.188 e. The maximum Gasteiger partial charge on any atom is 0.188 e. The van der Waals surface area contributed by atoms with E-state index in [9.17, 15) is 5.11 Å². The predicted molar refractivity (Wildman–Crippen MR) is 82.0 cm³/mol. The minimum absolute atomic E-state index is 0.192. The highest BCUT2D eigenvalue weighted by Crippen LogP contribution is 2.37. The van der Waals surface area contributed by atoms with E-state index in [0.29, 0.717) is 0 Å². The third kappa shape index (κ3) is 3.57. The second-order valence-electron chi connectivity index (χ2n) is 6.07. The molecule has 1 heterocycles. The van der Waals surface area contributed by atoms with Crippen LogP contribution in [-0.2, 0) is 4.74 Å². The number of benzene rings is 1. The van der Waals surface area contributed by atoms with Crippen LogP contribution in [0.5, 0.6) is 11.5 Å². The molecule has 0 aromatic heterocycles. The molecule has 1 aliphatic rings. The fourth-order valence-corrected chi connectivity index (χ4v) is 2.34. The van der Waals surface area contributed by atoms with E-state index in [4.69, 9.17) is 14.2 Å². The number of hydrogen-bond donors (Lipinski definition) is 1. The Kier molecular flexibility index (Phi) is 4.59. The van der Waals surface area contributed by atoms with E-state index >= 15 is 0 Å². The van der Waals surface area contributed by atoms with E-state index in [1.807, 2.05) is 25.1 Å². The van der Waals surface area contributed by atoms with Gasteiger partial charge in [-0.25, -0.2) is 0 Å². The van der Waals surface area contributed by atoms with Crippen molar-refractivity contribution >= 4 is 0 Å². The van der Waals surface area contributed by atoms with Crippen molar-refractivity contribution in [3.63, 3.8) is 0 Å². The Hall–Kier alpha value is -1.52. The summed E-state index contributed by atoms with van der Waals surface area (Å²) in [6.07, 6.45) is 3.62. The van der Waals surface area contributed by atoms with Gasteiger partial charge in [-0.3, -0.25) is 0 Å². The van der Waals surface area contributed by atoms with E-state index in [1.165, 1.54) is 0 Å². The molecule has 0 bridgehead atoms. The molecule has 0 unspecified atom stereocenters. The highest BCUT2D eigenvalue weighted by atomic mass is 16.7. The SMILES string of the molecule is COCOc1cc2c(cc1C)O[C@@H](C(C)(C)O)C=C[C@H]2C. The number of hydrogen-bond acceptors (Lipinski definition) is 4. The van der Waals surface area contributed by atoms with Crippen LogP contribution in [0.1, 0.15) is 37.8 Å². The van der Waals surface area contributed by atoms with Crippen molar-refractivity contribution in [2.45, 2.75) is 45.3 Å². The molecule has 1 N–H and O–H groups in total. The highest BCUT2D eigenvalue weighted by molar-refractivity contribution is 5.49. The summed E-state index contributed by atoms with van der Waals surface area (Å²) in [5, 5.41) is 10.2. The molecule has 2 rings (SSSR count). The normalized spacial score (nSPS) is 21.4. The van der Waals surface area contributed by atoms with Gasteiger partial charge in [-0.1, -0.05) is 13.0 Å². The lowest BCUT2D eigenvalue weighted by molar-refractivity contribution is -0.00967. The number of aliphatic hydroxyl groups is 1. The molecule has 0 amide bonds. The van der Waals surface area contributed by atoms with Gasteiger partial charge in [0.25, 0.3) is 0 Å². The van der Waals surface area contributed by atoms with Crippen LogP contribution in [0.25, 0.3) is 0 Å². The van der Waals surface area contributed by atoms with Crippen LogP contribution in [0, 0.1) is 6.92 Å². The average Bonchev–Trinajstić information content (AvgIpc) is 2.55. The molecule has 0 aliphatic carbocycles. The lowest BCUT2D eigenvalue weighted by Gasteiger charge is -2.27. The molecule has 4 nitrogen and oxygen atoms in total. The summed E-state index contributed by atoms with van der Waals surface area (Å²) in [5.41, 5.74) is 1.10. The Morgan fingerprint density at radius 1 is 1.29 bits per heavy atom. The zero-order valence-electron chi connectivity index (χ0n) is 13.3. The van der Waals surface area contributed by atoms with E-state index < -0.39 is 5.60 Å². The van der Waals surface area contributed by atoms with Crippen molar-refractivity contribution in [1.82, 2.24) is 0 Å². The van der Waals surface area contributed by atoms with Gasteiger partial charge in [-0.2, -0.15) is 0 Å². The molecule has 116 valence electrons. The molecule has 21 heavy (non-hydrogen) atoms. The van der Waals surface area contributed by atoms with E-state index in [-0.39, 0.29) is 18.8 Å². The van der Waals surface area contributed by atoms with E-state index in [1.54, 1.807) is 21.0 Å². The van der Waals surface area contributed by atoms with Gasteiger partial charge in [0.15, 0.2) is 6.79 Å². The molecular weight excluding hydrogens is 268 g/mol. The Morgan fingerprint density at radius 2 is 2.00 bits per heavy atom. The average molecular weight is 292 g/mol. The Balaban J connectivity index is 2.38. The summed E-state index contributed by atoms with van der Waals surface area (Å²) in [5.74, 6) is 1.78. The lowest BCUT2D eigenvalue weighted by atomic mass is 9.97. The van der Waals surface area contributed by atoms with Crippen molar-refractivity contribution in [3.8, 4) is 11.5 Å². The first-order valence-electron chi connectivity index (χ1n) is 7.16. The van der Waals surface area contributed by atoms with Gasteiger partial charge < -0.3 is 19.3 Å². The van der Waals surface area contributed by atoms with Crippen LogP contribution in [0.3, 0.4) is 0 Å². The quantitative estimate of drug-likeness (QED) is 0.684. The van der Waals surface area contributed by atoms with Crippen LogP contribution >= 0.6 is 0 Å². The molecule has 1 aromatic rings. The fourth-order valence-electron chi connectivity index (χ4n) is 2.34. The van der Waals surface area contributed by atoms with Crippen LogP contribution in [0.2, 0.25) is 0 Å².